The van der Waals surface area contributed by atoms with Crippen LogP contribution in [0.1, 0.15) is 13.0 Å². The molecule has 2 rings (SSSR count). The third-order valence-electron chi connectivity index (χ3n) is 2.58. The van der Waals surface area contributed by atoms with Crippen LogP contribution in [0.2, 0.25) is 0 Å². The van der Waals surface area contributed by atoms with Gasteiger partial charge < -0.3 is 10.2 Å². The normalized spacial score (nSPS) is 9.74. The van der Waals surface area contributed by atoms with E-state index >= 15 is 0 Å². The number of carboxylic acids is 1. The molecule has 3 nitrogen and oxygen atoms in total. The molecule has 0 spiro atoms. The van der Waals surface area contributed by atoms with Crippen LogP contribution in [0.25, 0.3) is 11.1 Å². The molecule has 4 heteroatoms. The number of phenols is 1. The fourth-order valence-corrected chi connectivity index (χ4v) is 1.76. The van der Waals surface area contributed by atoms with Gasteiger partial charge >= 0.3 is 5.97 Å². The van der Waals surface area contributed by atoms with Crippen molar-refractivity contribution in [1.29, 1.82) is 0 Å². The van der Waals surface area contributed by atoms with Crippen molar-refractivity contribution < 1.29 is 19.4 Å². The third kappa shape index (κ3) is 3.31. The lowest BCUT2D eigenvalue weighted by atomic mass is 10.0. The fraction of sp³-hybridized carbons (Fsp3) is 0.133. The second-order valence-electron chi connectivity index (χ2n) is 3.90. The van der Waals surface area contributed by atoms with Crippen LogP contribution in [0.5, 0.6) is 5.75 Å². The molecule has 0 fully saturated rings. The molecule has 100 valence electrons. The minimum Gasteiger partial charge on any atom is -0.507 e. The Kier molecular flexibility index (Phi) is 4.64. The van der Waals surface area contributed by atoms with Gasteiger partial charge in [0.05, 0.1) is 6.42 Å². The Balaban J connectivity index is 0.00000180. The molecule has 0 saturated heterocycles. The van der Waals surface area contributed by atoms with Gasteiger partial charge in [0.25, 0.3) is 0 Å². The summed E-state index contributed by atoms with van der Waals surface area (Å²) in [4.78, 5) is 10.5. The quantitative estimate of drug-likeness (QED) is 0.890. The van der Waals surface area contributed by atoms with Gasteiger partial charge in [-0.15, -0.1) is 0 Å². The first-order chi connectivity index (χ1) is 8.58. The minimum atomic E-state index is -1.01. The van der Waals surface area contributed by atoms with Gasteiger partial charge in [-0.3, -0.25) is 4.79 Å². The predicted molar refractivity (Wildman–Crippen MR) is 71.6 cm³/mol. The summed E-state index contributed by atoms with van der Waals surface area (Å²) in [6.07, 6.45) is -0.224. The summed E-state index contributed by atoms with van der Waals surface area (Å²) < 4.78 is 13.9. The van der Waals surface area contributed by atoms with Crippen LogP contribution in [0.4, 0.5) is 4.39 Å². The van der Waals surface area contributed by atoms with Gasteiger partial charge in [-0.1, -0.05) is 37.8 Å². The number of carbonyl (C=O) groups is 1. The van der Waals surface area contributed by atoms with E-state index in [4.69, 9.17) is 5.11 Å². The minimum absolute atomic E-state index is 0. The van der Waals surface area contributed by atoms with Crippen molar-refractivity contribution >= 4 is 5.97 Å². The van der Waals surface area contributed by atoms with Gasteiger partial charge in [-0.05, 0) is 17.7 Å². The van der Waals surface area contributed by atoms with Crippen LogP contribution < -0.4 is 0 Å². The molecule has 0 heterocycles. The zero-order chi connectivity index (χ0) is 13.1. The van der Waals surface area contributed by atoms with Gasteiger partial charge in [0, 0.05) is 11.1 Å². The summed E-state index contributed by atoms with van der Waals surface area (Å²) in [6, 6.07) is 10.6. The zero-order valence-electron chi connectivity index (χ0n) is 9.43. The average Bonchev–Trinajstić information content (AvgIpc) is 2.30. The number of hydrogen-bond donors (Lipinski definition) is 2. The lowest BCUT2D eigenvalue weighted by Crippen LogP contribution is -2.00. The molecule has 0 saturated carbocycles. The van der Waals surface area contributed by atoms with Gasteiger partial charge in [0.1, 0.15) is 11.6 Å². The van der Waals surface area contributed by atoms with Crippen LogP contribution in [0.3, 0.4) is 0 Å². The Morgan fingerprint density at radius 2 is 1.79 bits per heavy atom. The number of carboxylic acid groups (broad SMARTS) is 1. The van der Waals surface area contributed by atoms with E-state index in [1.807, 2.05) is 0 Å². The van der Waals surface area contributed by atoms with Crippen molar-refractivity contribution in [3.63, 3.8) is 0 Å². The largest absolute Gasteiger partial charge is 0.507 e. The van der Waals surface area contributed by atoms with E-state index in [1.165, 1.54) is 18.2 Å². The molecule has 2 N–H and O–H groups in total. The van der Waals surface area contributed by atoms with Crippen LogP contribution in [-0.2, 0) is 11.2 Å². The Hall–Kier alpha value is -2.36. The summed E-state index contributed by atoms with van der Waals surface area (Å²) in [5.41, 5.74) is 1.03. The van der Waals surface area contributed by atoms with E-state index in [9.17, 15) is 14.3 Å². The van der Waals surface area contributed by atoms with E-state index in [2.05, 4.69) is 0 Å². The number of rotatable bonds is 3. The second-order valence-corrected chi connectivity index (χ2v) is 3.90. The highest BCUT2D eigenvalue weighted by atomic mass is 19.1. The molecule has 2 aromatic rings. The SMILES string of the molecule is C.O=C(O)Cc1ccc(-c2ccccc2O)c(F)c1. The predicted octanol–water partition coefficient (Wildman–Crippen LogP) is 3.46. The maximum atomic E-state index is 13.9. The standard InChI is InChI=1S/C14H11FO3.CH4/c15-12-7-9(8-14(17)18)5-6-10(12)11-3-1-2-4-13(11)16;/h1-7,16H,8H2,(H,17,18);1H4. The van der Waals surface area contributed by atoms with E-state index < -0.39 is 11.8 Å². The molecule has 0 unspecified atom stereocenters. The number of hydrogen-bond acceptors (Lipinski definition) is 2. The molecular weight excluding hydrogens is 247 g/mol. The lowest BCUT2D eigenvalue weighted by molar-refractivity contribution is -0.136. The zero-order valence-corrected chi connectivity index (χ0v) is 9.43. The first-order valence-electron chi connectivity index (χ1n) is 5.36. The van der Waals surface area contributed by atoms with Crippen LogP contribution in [0.15, 0.2) is 42.5 Å². The second kappa shape index (κ2) is 6.00. The van der Waals surface area contributed by atoms with Gasteiger partial charge in [-0.2, -0.15) is 0 Å². The first kappa shape index (κ1) is 14.7. The maximum Gasteiger partial charge on any atom is 0.307 e. The molecule has 2 aromatic carbocycles. The van der Waals surface area contributed by atoms with Gasteiger partial charge in [0.2, 0.25) is 0 Å². The van der Waals surface area contributed by atoms with Crippen molar-refractivity contribution in [2.75, 3.05) is 0 Å². The number of aliphatic carboxylic acids is 1. The first-order valence-corrected chi connectivity index (χ1v) is 5.36. The highest BCUT2D eigenvalue weighted by Crippen LogP contribution is 2.30. The summed E-state index contributed by atoms with van der Waals surface area (Å²) in [6.45, 7) is 0. The topological polar surface area (TPSA) is 57.5 Å². The van der Waals surface area contributed by atoms with E-state index in [-0.39, 0.29) is 25.2 Å². The average molecular weight is 262 g/mol. The van der Waals surface area contributed by atoms with Crippen molar-refractivity contribution in [2.24, 2.45) is 0 Å². The Morgan fingerprint density at radius 1 is 1.11 bits per heavy atom. The van der Waals surface area contributed by atoms with Crippen molar-refractivity contribution in [3.05, 3.63) is 53.8 Å². The van der Waals surface area contributed by atoms with E-state index in [0.29, 0.717) is 11.1 Å². The Morgan fingerprint density at radius 3 is 2.37 bits per heavy atom. The number of phenolic OH excluding ortho intramolecular Hbond substituents is 1. The third-order valence-corrected chi connectivity index (χ3v) is 2.58. The lowest BCUT2D eigenvalue weighted by Gasteiger charge is -2.07. The maximum absolute atomic E-state index is 13.9. The number of para-hydroxylation sites is 1. The molecule has 0 radical (unpaired) electrons. The molecule has 0 aliphatic carbocycles. The molecule has 0 amide bonds. The smallest absolute Gasteiger partial charge is 0.307 e. The molecular formula is C15H15FO3. The van der Waals surface area contributed by atoms with Crippen LogP contribution in [0, 0.1) is 5.82 Å². The molecule has 0 aliphatic rings. The molecule has 19 heavy (non-hydrogen) atoms. The highest BCUT2D eigenvalue weighted by Gasteiger charge is 2.10. The fourth-order valence-electron chi connectivity index (χ4n) is 1.76. The highest BCUT2D eigenvalue weighted by molar-refractivity contribution is 5.73. The molecule has 0 aromatic heterocycles. The number of aromatic hydroxyl groups is 1. The summed E-state index contributed by atoms with van der Waals surface area (Å²) in [5.74, 6) is -1.57. The number of halogens is 1. The van der Waals surface area contributed by atoms with Crippen LogP contribution in [-0.4, -0.2) is 16.2 Å². The van der Waals surface area contributed by atoms with Crippen molar-refractivity contribution in [3.8, 4) is 16.9 Å². The number of benzene rings is 2. The Labute approximate surface area is 111 Å². The van der Waals surface area contributed by atoms with Gasteiger partial charge in [0.15, 0.2) is 0 Å². The summed E-state index contributed by atoms with van der Waals surface area (Å²) >= 11 is 0. The summed E-state index contributed by atoms with van der Waals surface area (Å²) in [7, 11) is 0. The van der Waals surface area contributed by atoms with Crippen LogP contribution >= 0.6 is 0 Å². The van der Waals surface area contributed by atoms with E-state index in [1.54, 1.807) is 24.3 Å². The monoisotopic (exact) mass is 262 g/mol. The van der Waals surface area contributed by atoms with Crippen molar-refractivity contribution in [1.82, 2.24) is 0 Å². The van der Waals surface area contributed by atoms with Gasteiger partial charge in [-0.25, -0.2) is 4.39 Å². The Bertz CT molecular complexity index is 594. The molecule has 0 bridgehead atoms. The van der Waals surface area contributed by atoms with Crippen molar-refractivity contribution in [2.45, 2.75) is 13.8 Å². The molecule has 0 aliphatic heterocycles. The summed E-state index contributed by atoms with van der Waals surface area (Å²) in [5, 5.41) is 18.3. The molecule has 0 atom stereocenters. The van der Waals surface area contributed by atoms with E-state index in [0.717, 1.165) is 0 Å².